The molecule has 0 atom stereocenters. The van der Waals surface area contributed by atoms with E-state index in [1.165, 1.54) is 4.90 Å². The van der Waals surface area contributed by atoms with Crippen LogP contribution in [0.2, 0.25) is 0 Å². The molecule has 0 spiro atoms. The minimum absolute atomic E-state index is 0.365. The maximum atomic E-state index is 11.8. The highest BCUT2D eigenvalue weighted by atomic mass is 79.9. The number of aryl methyl sites for hydroxylation is 1. The van der Waals surface area contributed by atoms with Gasteiger partial charge in [-0.1, -0.05) is 29.3 Å². The smallest absolute Gasteiger partial charge is 0.407 e. The molecule has 8 heteroatoms. The highest BCUT2D eigenvalue weighted by Crippen LogP contribution is 2.31. The molecule has 0 radical (unpaired) electrons. The second kappa shape index (κ2) is 8.18. The number of anilines is 1. The van der Waals surface area contributed by atoms with Crippen molar-refractivity contribution in [1.82, 2.24) is 19.4 Å². The Balaban J connectivity index is 2.16. The van der Waals surface area contributed by atoms with Crippen LogP contribution >= 0.6 is 15.9 Å². The summed E-state index contributed by atoms with van der Waals surface area (Å²) in [6, 6.07) is 5.92. The topological polar surface area (TPSA) is 97.3 Å². The third-order valence-corrected chi connectivity index (χ3v) is 5.58. The number of carboxylic acid groups (broad SMARTS) is 1. The molecule has 2 heterocycles. The summed E-state index contributed by atoms with van der Waals surface area (Å²) in [5, 5.41) is 10.6. The van der Waals surface area contributed by atoms with Gasteiger partial charge < -0.3 is 20.3 Å². The number of unbranched alkanes of at least 4 members (excludes halogenated alkanes) is 1. The fraction of sp³-hybridized carbons (Fsp3) is 0.476. The van der Waals surface area contributed by atoms with Gasteiger partial charge in [0.1, 0.15) is 11.3 Å². The van der Waals surface area contributed by atoms with Crippen LogP contribution < -0.4 is 5.73 Å². The predicted octanol–water partition coefficient (Wildman–Crippen LogP) is 5.05. The summed E-state index contributed by atoms with van der Waals surface area (Å²) in [5.41, 5.74) is 8.16. The normalized spacial score (nSPS) is 12.0. The Labute approximate surface area is 179 Å². The monoisotopic (exact) mass is 461 g/mol. The minimum Gasteiger partial charge on any atom is -0.465 e. The van der Waals surface area contributed by atoms with E-state index in [4.69, 9.17) is 10.7 Å². The summed E-state index contributed by atoms with van der Waals surface area (Å²) in [4.78, 5) is 22.6. The molecule has 156 valence electrons. The lowest BCUT2D eigenvalue weighted by Crippen LogP contribution is -2.46. The molecule has 1 aromatic carbocycles. The van der Waals surface area contributed by atoms with Gasteiger partial charge in [0.05, 0.1) is 11.0 Å². The summed E-state index contributed by atoms with van der Waals surface area (Å²) in [7, 11) is 0. The molecule has 0 aliphatic carbocycles. The van der Waals surface area contributed by atoms with E-state index >= 15 is 0 Å². The molecule has 0 fully saturated rings. The van der Waals surface area contributed by atoms with Crippen molar-refractivity contribution in [3.05, 3.63) is 28.5 Å². The average molecular weight is 462 g/mol. The maximum Gasteiger partial charge on any atom is 0.407 e. The number of halogens is 1. The largest absolute Gasteiger partial charge is 0.465 e. The zero-order valence-electron chi connectivity index (χ0n) is 17.4. The zero-order chi connectivity index (χ0) is 21.3. The van der Waals surface area contributed by atoms with Crippen LogP contribution in [0, 0.1) is 0 Å². The predicted molar refractivity (Wildman–Crippen MR) is 120 cm³/mol. The van der Waals surface area contributed by atoms with E-state index in [-0.39, 0.29) is 0 Å². The first-order chi connectivity index (χ1) is 13.6. The second-order valence-electron chi connectivity index (χ2n) is 8.24. The Kier molecular flexibility index (Phi) is 6.03. The van der Waals surface area contributed by atoms with Gasteiger partial charge in [-0.2, -0.15) is 0 Å². The summed E-state index contributed by atoms with van der Waals surface area (Å²) in [5.74, 6) is 1.32. The number of rotatable bonds is 6. The van der Waals surface area contributed by atoms with E-state index in [2.05, 4.69) is 32.4 Å². The van der Waals surface area contributed by atoms with Crippen LogP contribution in [-0.2, 0) is 13.0 Å². The van der Waals surface area contributed by atoms with Crippen molar-refractivity contribution in [2.45, 2.75) is 59.0 Å². The van der Waals surface area contributed by atoms with Crippen LogP contribution in [0.25, 0.3) is 21.9 Å². The fourth-order valence-electron chi connectivity index (χ4n) is 3.62. The summed E-state index contributed by atoms with van der Waals surface area (Å²) < 4.78 is 3.05. The maximum absolute atomic E-state index is 11.8. The number of hydrogen-bond acceptors (Lipinski definition) is 4. The Morgan fingerprint density at radius 1 is 1.31 bits per heavy atom. The first kappa shape index (κ1) is 21.4. The first-order valence-electron chi connectivity index (χ1n) is 9.88. The van der Waals surface area contributed by atoms with Crippen molar-refractivity contribution in [2.75, 3.05) is 12.3 Å². The van der Waals surface area contributed by atoms with E-state index in [1.54, 1.807) is 0 Å². The summed E-state index contributed by atoms with van der Waals surface area (Å²) in [6.45, 7) is 8.72. The highest BCUT2D eigenvalue weighted by molar-refractivity contribution is 9.10. The number of imidazole rings is 1. The Morgan fingerprint density at radius 3 is 2.66 bits per heavy atom. The van der Waals surface area contributed by atoms with E-state index in [9.17, 15) is 9.90 Å². The Bertz CT molecular complexity index is 1050. The Hall–Kier alpha value is -2.35. The lowest BCUT2D eigenvalue weighted by Gasteiger charge is -2.33. The molecule has 3 rings (SSSR count). The van der Waals surface area contributed by atoms with Crippen molar-refractivity contribution in [2.24, 2.45) is 0 Å². The molecule has 7 nitrogen and oxygen atoms in total. The summed E-state index contributed by atoms with van der Waals surface area (Å²) in [6.07, 6.45) is 1.94. The SMILES string of the molecule is CCCCc1nc2c(N)nc3cc(Br)ccc3c2n1CCN(C(=O)O)C(C)(C)C. The molecule has 0 saturated carbocycles. The number of benzene rings is 1. The van der Waals surface area contributed by atoms with E-state index in [1.807, 2.05) is 39.0 Å². The number of amides is 1. The molecule has 2 aromatic heterocycles. The fourth-order valence-corrected chi connectivity index (χ4v) is 3.96. The van der Waals surface area contributed by atoms with Crippen molar-refractivity contribution in [3.63, 3.8) is 0 Å². The molecule has 1 amide bonds. The van der Waals surface area contributed by atoms with Crippen LogP contribution in [-0.4, -0.2) is 42.7 Å². The van der Waals surface area contributed by atoms with Gasteiger partial charge in [0.15, 0.2) is 5.82 Å². The number of nitrogens with zero attached hydrogens (tertiary/aromatic N) is 4. The lowest BCUT2D eigenvalue weighted by atomic mass is 10.1. The number of nitrogen functional groups attached to an aromatic ring is 1. The number of carbonyl (C=O) groups is 1. The van der Waals surface area contributed by atoms with Crippen LogP contribution in [0.1, 0.15) is 46.4 Å². The van der Waals surface area contributed by atoms with Gasteiger partial charge >= 0.3 is 6.09 Å². The molecular formula is C21H28BrN5O2. The van der Waals surface area contributed by atoms with Gasteiger partial charge in [-0.25, -0.2) is 14.8 Å². The third-order valence-electron chi connectivity index (χ3n) is 5.09. The number of aromatic nitrogens is 3. The molecule has 0 aliphatic heterocycles. The molecule has 3 aromatic rings. The molecule has 0 aliphatic rings. The van der Waals surface area contributed by atoms with E-state index in [0.717, 1.165) is 46.0 Å². The molecule has 3 N–H and O–H groups in total. The van der Waals surface area contributed by atoms with Crippen LogP contribution in [0.3, 0.4) is 0 Å². The second-order valence-corrected chi connectivity index (χ2v) is 9.16. The van der Waals surface area contributed by atoms with Crippen LogP contribution in [0.5, 0.6) is 0 Å². The number of nitrogens with two attached hydrogens (primary N) is 1. The van der Waals surface area contributed by atoms with Crippen molar-refractivity contribution >= 4 is 49.8 Å². The lowest BCUT2D eigenvalue weighted by molar-refractivity contribution is 0.0979. The first-order valence-corrected chi connectivity index (χ1v) is 10.7. The summed E-state index contributed by atoms with van der Waals surface area (Å²) >= 11 is 3.49. The average Bonchev–Trinajstić information content (AvgIpc) is 2.98. The minimum atomic E-state index is -0.924. The Morgan fingerprint density at radius 2 is 2.03 bits per heavy atom. The van der Waals surface area contributed by atoms with Gasteiger partial charge in [0.25, 0.3) is 0 Å². The molecule has 29 heavy (non-hydrogen) atoms. The quantitative estimate of drug-likeness (QED) is 0.534. The van der Waals surface area contributed by atoms with Crippen molar-refractivity contribution < 1.29 is 9.90 Å². The number of hydrogen-bond donors (Lipinski definition) is 2. The zero-order valence-corrected chi connectivity index (χ0v) is 19.0. The number of fused-ring (bicyclic) bond motifs is 3. The van der Waals surface area contributed by atoms with Gasteiger partial charge in [0.2, 0.25) is 0 Å². The van der Waals surface area contributed by atoms with Gasteiger partial charge in [0, 0.05) is 34.9 Å². The standard InChI is InChI=1S/C21H28BrN5O2/c1-5-6-7-16-25-17-18(14-9-8-13(22)12-15(14)24-19(17)23)26(16)10-11-27(20(28)29)21(2,3)4/h8-9,12H,5-7,10-11H2,1-4H3,(H2,23,24)(H,28,29). The third kappa shape index (κ3) is 4.32. The number of pyridine rings is 1. The van der Waals surface area contributed by atoms with Gasteiger partial charge in [-0.05, 0) is 45.4 Å². The molecule has 0 bridgehead atoms. The van der Waals surface area contributed by atoms with Crippen molar-refractivity contribution in [1.29, 1.82) is 0 Å². The van der Waals surface area contributed by atoms with Crippen LogP contribution in [0.15, 0.2) is 22.7 Å². The molecule has 0 saturated heterocycles. The van der Waals surface area contributed by atoms with E-state index in [0.29, 0.717) is 24.4 Å². The van der Waals surface area contributed by atoms with Gasteiger partial charge in [-0.3, -0.25) is 0 Å². The van der Waals surface area contributed by atoms with Crippen molar-refractivity contribution in [3.8, 4) is 0 Å². The molecule has 0 unspecified atom stereocenters. The van der Waals surface area contributed by atoms with E-state index < -0.39 is 11.6 Å². The highest BCUT2D eigenvalue weighted by Gasteiger charge is 2.26. The molecular weight excluding hydrogens is 434 g/mol. The van der Waals surface area contributed by atoms with Crippen LogP contribution in [0.4, 0.5) is 10.6 Å². The van der Waals surface area contributed by atoms with Gasteiger partial charge in [-0.15, -0.1) is 0 Å².